The summed E-state index contributed by atoms with van der Waals surface area (Å²) in [4.78, 5) is 37.6. The van der Waals surface area contributed by atoms with E-state index in [9.17, 15) is 27.6 Å². The maximum atomic E-state index is 13.1. The summed E-state index contributed by atoms with van der Waals surface area (Å²) in [5.41, 5.74) is -0.555. The topological polar surface area (TPSA) is 107 Å². The molecule has 0 spiro atoms. The van der Waals surface area contributed by atoms with E-state index in [1.165, 1.54) is 29.8 Å². The zero-order valence-electron chi connectivity index (χ0n) is 18.9. The largest absolute Gasteiger partial charge is 0.573 e. The maximum Gasteiger partial charge on any atom is 0.573 e. The van der Waals surface area contributed by atoms with Crippen LogP contribution in [0, 0.1) is 0 Å². The Labute approximate surface area is 201 Å². The van der Waals surface area contributed by atoms with Gasteiger partial charge in [0.15, 0.2) is 5.82 Å². The quantitative estimate of drug-likeness (QED) is 0.404. The summed E-state index contributed by atoms with van der Waals surface area (Å²) in [7, 11) is 1.51. The van der Waals surface area contributed by atoms with Crippen LogP contribution in [0.2, 0.25) is 0 Å². The average molecular weight is 499 g/mol. The number of nitrogens with zero attached hydrogens (tertiary/aromatic N) is 3. The van der Waals surface area contributed by atoms with Gasteiger partial charge in [0, 0.05) is 31.6 Å². The van der Waals surface area contributed by atoms with Gasteiger partial charge >= 0.3 is 6.36 Å². The number of aromatic nitrogens is 3. The molecule has 0 saturated carbocycles. The lowest BCUT2D eigenvalue weighted by atomic mass is 10.2. The number of rotatable bonds is 7. The number of aryl methyl sites for hydroxylation is 1. The number of nitrogens with one attached hydrogen (secondary N) is 2. The van der Waals surface area contributed by atoms with Crippen LogP contribution in [0.4, 0.5) is 24.7 Å². The Kier molecular flexibility index (Phi) is 6.77. The van der Waals surface area contributed by atoms with Crippen molar-refractivity contribution in [2.45, 2.75) is 19.3 Å². The van der Waals surface area contributed by atoms with Gasteiger partial charge in [0.25, 0.3) is 11.1 Å². The number of fused-ring (bicyclic) bond motifs is 1. The van der Waals surface area contributed by atoms with E-state index in [2.05, 4.69) is 20.5 Å². The number of anilines is 2. The Bertz CT molecular complexity index is 1530. The zero-order chi connectivity index (χ0) is 25.9. The minimum absolute atomic E-state index is 0.111. The second kappa shape index (κ2) is 9.94. The number of carbonyl (C=O) groups is 1. The molecular formula is C24H20F3N5O4. The van der Waals surface area contributed by atoms with Gasteiger partial charge in [0.05, 0.1) is 11.1 Å². The van der Waals surface area contributed by atoms with Gasteiger partial charge in [-0.1, -0.05) is 18.2 Å². The Morgan fingerprint density at radius 2 is 1.67 bits per heavy atom. The highest BCUT2D eigenvalue weighted by Crippen LogP contribution is 2.25. The molecule has 9 nitrogen and oxygen atoms in total. The fraction of sp³-hybridized carbons (Fsp3) is 0.167. The van der Waals surface area contributed by atoms with Crippen molar-refractivity contribution in [2.75, 3.05) is 12.4 Å². The van der Waals surface area contributed by atoms with Crippen LogP contribution in [0.25, 0.3) is 16.5 Å². The Hall–Kier alpha value is -4.61. The van der Waals surface area contributed by atoms with E-state index >= 15 is 0 Å². The van der Waals surface area contributed by atoms with Crippen LogP contribution in [-0.2, 0) is 11.3 Å². The third-order valence-electron chi connectivity index (χ3n) is 5.25. The van der Waals surface area contributed by atoms with Crippen molar-refractivity contribution in [3.8, 4) is 11.4 Å². The maximum absolute atomic E-state index is 13.1. The third-order valence-corrected chi connectivity index (χ3v) is 5.25. The molecule has 2 aromatic heterocycles. The van der Waals surface area contributed by atoms with Crippen LogP contribution < -0.4 is 26.5 Å². The molecule has 0 fully saturated rings. The molecule has 0 bridgehead atoms. The number of halogens is 3. The molecule has 36 heavy (non-hydrogen) atoms. The number of amides is 1. The normalized spacial score (nSPS) is 11.3. The molecule has 0 aliphatic carbocycles. The number of carbonyl (C=O) groups excluding carboxylic acids is 1. The molecule has 12 heteroatoms. The van der Waals surface area contributed by atoms with Gasteiger partial charge in [-0.05, 0) is 42.5 Å². The van der Waals surface area contributed by atoms with E-state index in [0.717, 1.165) is 16.8 Å². The lowest BCUT2D eigenvalue weighted by Crippen LogP contribution is -2.27. The van der Waals surface area contributed by atoms with Crippen molar-refractivity contribution in [3.63, 3.8) is 0 Å². The van der Waals surface area contributed by atoms with Crippen LogP contribution in [0.15, 0.2) is 76.4 Å². The highest BCUT2D eigenvalue weighted by atomic mass is 19.4. The van der Waals surface area contributed by atoms with E-state index < -0.39 is 23.2 Å². The molecule has 1 amide bonds. The first kappa shape index (κ1) is 24.5. The fourth-order valence-electron chi connectivity index (χ4n) is 3.53. The molecule has 0 radical (unpaired) electrons. The summed E-state index contributed by atoms with van der Waals surface area (Å²) < 4.78 is 43.7. The minimum Gasteiger partial charge on any atom is -0.406 e. The first-order chi connectivity index (χ1) is 17.2. The van der Waals surface area contributed by atoms with Gasteiger partial charge in [0.1, 0.15) is 11.4 Å². The van der Waals surface area contributed by atoms with Crippen molar-refractivity contribution in [2.24, 2.45) is 0 Å². The van der Waals surface area contributed by atoms with Gasteiger partial charge in [-0.2, -0.15) is 4.68 Å². The van der Waals surface area contributed by atoms with Gasteiger partial charge in [-0.25, -0.2) is 0 Å². The summed E-state index contributed by atoms with van der Waals surface area (Å²) in [5, 5.41) is 10.5. The number of pyridine rings is 1. The molecule has 4 rings (SSSR count). The molecule has 4 aromatic rings. The van der Waals surface area contributed by atoms with Gasteiger partial charge in [-0.3, -0.25) is 14.4 Å². The van der Waals surface area contributed by atoms with Crippen molar-refractivity contribution < 1.29 is 22.7 Å². The second-order valence-corrected chi connectivity index (χ2v) is 7.62. The molecule has 2 N–H and O–H groups in total. The monoisotopic (exact) mass is 499 g/mol. The average Bonchev–Trinajstić information content (AvgIpc) is 2.85. The van der Waals surface area contributed by atoms with E-state index in [4.69, 9.17) is 0 Å². The molecule has 2 aromatic carbocycles. The van der Waals surface area contributed by atoms with Crippen LogP contribution in [0.3, 0.4) is 0 Å². The van der Waals surface area contributed by atoms with Gasteiger partial charge in [-0.15, -0.1) is 18.3 Å². The Balaban J connectivity index is 1.74. The summed E-state index contributed by atoms with van der Waals surface area (Å²) in [6.45, 7) is 0.161. The summed E-state index contributed by atoms with van der Waals surface area (Å²) in [6.07, 6.45) is -3.19. The van der Waals surface area contributed by atoms with E-state index in [1.54, 1.807) is 36.5 Å². The second-order valence-electron chi connectivity index (χ2n) is 7.62. The molecule has 2 heterocycles. The molecule has 0 saturated heterocycles. The summed E-state index contributed by atoms with van der Waals surface area (Å²) in [6, 6.07) is 14.4. The fourth-order valence-corrected chi connectivity index (χ4v) is 3.53. The number of hydrogen-bond acceptors (Lipinski definition) is 6. The van der Waals surface area contributed by atoms with Crippen LogP contribution in [-0.4, -0.2) is 33.7 Å². The van der Waals surface area contributed by atoms with Crippen LogP contribution >= 0.6 is 0 Å². The Morgan fingerprint density at radius 3 is 2.33 bits per heavy atom. The predicted molar refractivity (Wildman–Crippen MR) is 127 cm³/mol. The summed E-state index contributed by atoms with van der Waals surface area (Å²) in [5.74, 6) is -0.478. The van der Waals surface area contributed by atoms with Gasteiger partial charge < -0.3 is 19.9 Å². The zero-order valence-corrected chi connectivity index (χ0v) is 18.9. The van der Waals surface area contributed by atoms with Crippen molar-refractivity contribution >= 4 is 28.2 Å². The minimum atomic E-state index is -4.85. The van der Waals surface area contributed by atoms with E-state index in [1.807, 2.05) is 0 Å². The van der Waals surface area contributed by atoms with Crippen molar-refractivity contribution in [1.82, 2.24) is 19.7 Å². The summed E-state index contributed by atoms with van der Waals surface area (Å²) >= 11 is 0. The molecule has 0 aliphatic heterocycles. The van der Waals surface area contributed by atoms with Crippen LogP contribution in [0.1, 0.15) is 6.42 Å². The van der Waals surface area contributed by atoms with E-state index in [-0.39, 0.29) is 41.5 Å². The SMILES string of the molecule is CNC(=O)CCn1cccc(Nc2nn(-c3ccc(OC(F)(F)F)cc3)c(=O)c3ccccc23)c1=O. The highest BCUT2D eigenvalue weighted by Gasteiger charge is 2.31. The lowest BCUT2D eigenvalue weighted by Gasteiger charge is -2.14. The van der Waals surface area contributed by atoms with Crippen molar-refractivity contribution in [3.05, 3.63) is 87.6 Å². The number of benzene rings is 2. The molecule has 0 aliphatic rings. The molecule has 0 atom stereocenters. The number of ether oxygens (including phenoxy) is 1. The lowest BCUT2D eigenvalue weighted by molar-refractivity contribution is -0.274. The van der Waals surface area contributed by atoms with Crippen LogP contribution in [0.5, 0.6) is 5.75 Å². The first-order valence-electron chi connectivity index (χ1n) is 10.7. The predicted octanol–water partition coefficient (Wildman–Crippen LogP) is 3.33. The molecule has 0 unspecified atom stereocenters. The highest BCUT2D eigenvalue weighted by molar-refractivity contribution is 5.92. The molecule has 186 valence electrons. The third kappa shape index (κ3) is 5.37. The smallest absolute Gasteiger partial charge is 0.406 e. The Morgan fingerprint density at radius 1 is 0.972 bits per heavy atom. The van der Waals surface area contributed by atoms with Gasteiger partial charge in [0.2, 0.25) is 5.91 Å². The molecular weight excluding hydrogens is 479 g/mol. The van der Waals surface area contributed by atoms with E-state index in [0.29, 0.717) is 5.39 Å². The first-order valence-corrected chi connectivity index (χ1v) is 10.7. The number of hydrogen-bond donors (Lipinski definition) is 2. The standard InChI is InChI=1S/C24H20F3N5O4/c1-28-20(33)12-14-31-13-4-7-19(23(31)35)29-21-17-5-2-3-6-18(17)22(34)32(30-21)15-8-10-16(11-9-15)36-24(25,26)27/h2-11,13H,12,14H2,1H3,(H,28,33)(H,29,30). The van der Waals surface area contributed by atoms with Crippen molar-refractivity contribution in [1.29, 1.82) is 0 Å². The number of alkyl halides is 3.